The molecule has 4 atom stereocenters. The second kappa shape index (κ2) is 7.17. The van der Waals surface area contributed by atoms with Crippen molar-refractivity contribution < 1.29 is 14.3 Å². The first-order valence-electron chi connectivity index (χ1n) is 10.3. The van der Waals surface area contributed by atoms with E-state index in [2.05, 4.69) is 17.1 Å². The van der Waals surface area contributed by atoms with Gasteiger partial charge in [0.1, 0.15) is 5.75 Å². The number of methoxy groups -OCH3 is 1. The Bertz CT molecular complexity index is 717. The lowest BCUT2D eigenvalue weighted by molar-refractivity contribution is -0.138. The average molecular weight is 370 g/mol. The highest BCUT2D eigenvalue weighted by Crippen LogP contribution is 2.51. The number of hydrogen-bond donors (Lipinski definition) is 1. The first-order valence-corrected chi connectivity index (χ1v) is 10.3. The van der Waals surface area contributed by atoms with E-state index in [0.717, 1.165) is 50.8 Å². The number of nitrogens with zero attached hydrogens (tertiary/aromatic N) is 1. The molecule has 1 saturated carbocycles. The molecular formula is C22H30N2O3. The number of amides is 2. The van der Waals surface area contributed by atoms with Crippen molar-refractivity contribution in [1.82, 2.24) is 10.2 Å². The number of benzene rings is 1. The molecule has 2 aliphatic heterocycles. The smallest absolute Gasteiger partial charge is 0.251 e. The van der Waals surface area contributed by atoms with Crippen LogP contribution >= 0.6 is 0 Å². The van der Waals surface area contributed by atoms with Gasteiger partial charge in [0.15, 0.2) is 0 Å². The van der Waals surface area contributed by atoms with Crippen LogP contribution < -0.4 is 10.1 Å². The van der Waals surface area contributed by atoms with Gasteiger partial charge in [-0.25, -0.2) is 0 Å². The molecule has 3 aliphatic rings. The Morgan fingerprint density at radius 1 is 1.19 bits per heavy atom. The first-order chi connectivity index (χ1) is 13.0. The lowest BCUT2D eigenvalue weighted by Crippen LogP contribution is -2.59. The van der Waals surface area contributed by atoms with Crippen LogP contribution in [-0.4, -0.2) is 41.9 Å². The average Bonchev–Trinajstić information content (AvgIpc) is 3.05. The molecule has 1 spiro atoms. The first kappa shape index (κ1) is 18.3. The van der Waals surface area contributed by atoms with Crippen LogP contribution in [0.3, 0.4) is 0 Å². The maximum Gasteiger partial charge on any atom is 0.251 e. The molecule has 0 bridgehead atoms. The Kier molecular flexibility index (Phi) is 4.87. The molecule has 0 unspecified atom stereocenters. The van der Waals surface area contributed by atoms with Crippen LogP contribution in [0.15, 0.2) is 24.3 Å². The van der Waals surface area contributed by atoms with Gasteiger partial charge in [-0.1, -0.05) is 6.92 Å². The summed E-state index contributed by atoms with van der Waals surface area (Å²) in [4.78, 5) is 27.6. The van der Waals surface area contributed by atoms with E-state index in [0.29, 0.717) is 29.7 Å². The van der Waals surface area contributed by atoms with Crippen LogP contribution in [0.25, 0.3) is 0 Å². The van der Waals surface area contributed by atoms with Crippen LogP contribution in [-0.2, 0) is 4.79 Å². The summed E-state index contributed by atoms with van der Waals surface area (Å²) in [5.41, 5.74) is 0.718. The highest BCUT2D eigenvalue weighted by molar-refractivity contribution is 5.94. The minimum atomic E-state index is -0.0153. The molecule has 2 heterocycles. The predicted octanol–water partition coefficient (Wildman–Crippen LogP) is 3.38. The molecule has 1 aromatic carbocycles. The van der Waals surface area contributed by atoms with E-state index in [4.69, 9.17) is 4.74 Å². The van der Waals surface area contributed by atoms with Crippen molar-refractivity contribution in [3.63, 3.8) is 0 Å². The van der Waals surface area contributed by atoms with E-state index < -0.39 is 0 Å². The van der Waals surface area contributed by atoms with Gasteiger partial charge in [0.2, 0.25) is 5.91 Å². The van der Waals surface area contributed by atoms with E-state index in [-0.39, 0.29) is 17.5 Å². The number of carbonyl (C=O) groups excluding carboxylic acids is 2. The zero-order chi connectivity index (χ0) is 19.0. The van der Waals surface area contributed by atoms with Gasteiger partial charge in [-0.05, 0) is 74.6 Å². The lowest BCUT2D eigenvalue weighted by atomic mass is 9.63. The van der Waals surface area contributed by atoms with E-state index in [1.165, 1.54) is 0 Å². The standard InChI is InChI=1S/C22H30N2O3/c1-15-18-5-3-6-20(25)24-14-4-12-22(18,24)13-11-19(15)23-21(26)16-7-9-17(27-2)10-8-16/h7-10,15,18-19H,3-6,11-14H2,1-2H3,(H,23,26)/t15-,18+,19-,22-/m1/s1. The molecule has 1 N–H and O–H groups in total. The maximum atomic E-state index is 12.7. The molecular weight excluding hydrogens is 340 g/mol. The largest absolute Gasteiger partial charge is 0.497 e. The third-order valence-electron chi connectivity index (χ3n) is 7.25. The zero-order valence-corrected chi connectivity index (χ0v) is 16.4. The molecule has 146 valence electrons. The van der Waals surface area contributed by atoms with Gasteiger partial charge in [-0.15, -0.1) is 0 Å². The van der Waals surface area contributed by atoms with E-state index >= 15 is 0 Å². The van der Waals surface area contributed by atoms with E-state index in [1.54, 1.807) is 7.11 Å². The van der Waals surface area contributed by atoms with Gasteiger partial charge in [-0.3, -0.25) is 9.59 Å². The Hall–Kier alpha value is -2.04. The van der Waals surface area contributed by atoms with Crippen LogP contribution in [0.5, 0.6) is 5.75 Å². The molecule has 5 heteroatoms. The number of carbonyl (C=O) groups is 2. The molecule has 2 amide bonds. The fraction of sp³-hybridized carbons (Fsp3) is 0.636. The Morgan fingerprint density at radius 2 is 1.96 bits per heavy atom. The third-order valence-corrected chi connectivity index (χ3v) is 7.25. The second-order valence-corrected chi connectivity index (χ2v) is 8.46. The maximum absolute atomic E-state index is 12.7. The SMILES string of the molecule is COc1ccc(C(=O)N[C@@H]2CC[C@@]34CCCN3C(=O)CCC[C@H]4[C@H]2C)cc1. The summed E-state index contributed by atoms with van der Waals surface area (Å²) in [6.45, 7) is 3.20. The van der Waals surface area contributed by atoms with Crippen molar-refractivity contribution in [3.05, 3.63) is 29.8 Å². The van der Waals surface area contributed by atoms with Gasteiger partial charge < -0.3 is 15.0 Å². The van der Waals surface area contributed by atoms with Crippen LogP contribution in [0.4, 0.5) is 0 Å². The summed E-state index contributed by atoms with van der Waals surface area (Å²) in [6.07, 6.45) is 6.98. The summed E-state index contributed by atoms with van der Waals surface area (Å²) < 4.78 is 5.17. The Morgan fingerprint density at radius 3 is 2.70 bits per heavy atom. The number of hydrogen-bond acceptors (Lipinski definition) is 3. The van der Waals surface area contributed by atoms with Crippen molar-refractivity contribution in [2.45, 2.75) is 63.5 Å². The minimum absolute atomic E-state index is 0.0153. The number of rotatable bonds is 3. The topological polar surface area (TPSA) is 58.6 Å². The fourth-order valence-electron chi connectivity index (χ4n) is 5.88. The molecule has 0 aromatic heterocycles. The van der Waals surface area contributed by atoms with Crippen LogP contribution in [0, 0.1) is 11.8 Å². The van der Waals surface area contributed by atoms with Gasteiger partial charge in [0, 0.05) is 30.1 Å². The van der Waals surface area contributed by atoms with Gasteiger partial charge in [-0.2, -0.15) is 0 Å². The molecule has 2 saturated heterocycles. The van der Waals surface area contributed by atoms with Crippen LogP contribution in [0.1, 0.15) is 62.2 Å². The minimum Gasteiger partial charge on any atom is -0.497 e. The fourth-order valence-corrected chi connectivity index (χ4v) is 5.88. The number of ether oxygens (including phenoxy) is 1. The molecule has 0 radical (unpaired) electrons. The lowest BCUT2D eigenvalue weighted by Gasteiger charge is -2.52. The normalized spacial score (nSPS) is 33.0. The summed E-state index contributed by atoms with van der Waals surface area (Å²) in [5.74, 6) is 1.96. The molecule has 1 aliphatic carbocycles. The molecule has 1 aromatic rings. The van der Waals surface area contributed by atoms with Crippen molar-refractivity contribution in [1.29, 1.82) is 0 Å². The molecule has 4 rings (SSSR count). The van der Waals surface area contributed by atoms with Crippen molar-refractivity contribution in [2.24, 2.45) is 11.8 Å². The summed E-state index contributed by atoms with van der Waals surface area (Å²) >= 11 is 0. The van der Waals surface area contributed by atoms with Gasteiger partial charge in [0.05, 0.1) is 7.11 Å². The van der Waals surface area contributed by atoms with Crippen molar-refractivity contribution >= 4 is 11.8 Å². The molecule has 5 nitrogen and oxygen atoms in total. The highest BCUT2D eigenvalue weighted by atomic mass is 16.5. The van der Waals surface area contributed by atoms with Gasteiger partial charge in [0.25, 0.3) is 5.91 Å². The van der Waals surface area contributed by atoms with E-state index in [1.807, 2.05) is 24.3 Å². The predicted molar refractivity (Wildman–Crippen MR) is 104 cm³/mol. The van der Waals surface area contributed by atoms with Crippen molar-refractivity contribution in [3.8, 4) is 5.75 Å². The van der Waals surface area contributed by atoms with E-state index in [9.17, 15) is 9.59 Å². The van der Waals surface area contributed by atoms with Crippen LogP contribution in [0.2, 0.25) is 0 Å². The highest BCUT2D eigenvalue weighted by Gasteiger charge is 2.55. The second-order valence-electron chi connectivity index (χ2n) is 8.46. The van der Waals surface area contributed by atoms with Crippen molar-refractivity contribution in [2.75, 3.05) is 13.7 Å². The summed E-state index contributed by atoms with van der Waals surface area (Å²) in [7, 11) is 1.62. The summed E-state index contributed by atoms with van der Waals surface area (Å²) in [6, 6.07) is 7.44. The quantitative estimate of drug-likeness (QED) is 0.887. The Balaban J connectivity index is 1.50. The number of nitrogens with one attached hydrogen (secondary N) is 1. The monoisotopic (exact) mass is 370 g/mol. The van der Waals surface area contributed by atoms with Gasteiger partial charge >= 0.3 is 0 Å². The third kappa shape index (κ3) is 3.11. The zero-order valence-electron chi connectivity index (χ0n) is 16.4. The Labute approximate surface area is 161 Å². The molecule has 27 heavy (non-hydrogen) atoms. The summed E-state index contributed by atoms with van der Waals surface area (Å²) in [5, 5.41) is 3.28. The molecule has 3 fully saturated rings.